The molecule has 0 nitrogen and oxygen atoms in total. The summed E-state index contributed by atoms with van der Waals surface area (Å²) >= 11 is 5.80. The highest BCUT2D eigenvalue weighted by Gasteiger charge is 1.99. The Hall–Kier alpha value is -1.19. The summed E-state index contributed by atoms with van der Waals surface area (Å²) in [6.45, 7) is 3.50. The summed E-state index contributed by atoms with van der Waals surface area (Å²) in [5.41, 5.74) is 1.43. The molecule has 0 aliphatic rings. The zero-order valence-corrected chi connectivity index (χ0v) is 6.65. The maximum absolute atomic E-state index is 5.80. The molecule has 0 spiro atoms. The van der Waals surface area contributed by atoms with Crippen LogP contribution in [0.3, 0.4) is 0 Å². The molecule has 0 amide bonds. The van der Waals surface area contributed by atoms with Crippen molar-refractivity contribution in [3.05, 3.63) is 47.0 Å². The van der Waals surface area contributed by atoms with Crippen LogP contribution in [-0.2, 0) is 0 Å². The summed E-state index contributed by atoms with van der Waals surface area (Å²) in [7, 11) is 0. The van der Waals surface area contributed by atoms with E-state index in [4.69, 9.17) is 18.0 Å². The van der Waals surface area contributed by atoms with Gasteiger partial charge < -0.3 is 0 Å². The highest BCUT2D eigenvalue weighted by atomic mass is 35.5. The minimum atomic E-state index is 0.571. The van der Waals surface area contributed by atoms with E-state index in [0.29, 0.717) is 10.6 Å². The topological polar surface area (TPSA) is 0 Å². The van der Waals surface area contributed by atoms with Crippen LogP contribution < -0.4 is 0 Å². The van der Waals surface area contributed by atoms with Crippen LogP contribution in [-0.4, -0.2) is 0 Å². The summed E-state index contributed by atoms with van der Waals surface area (Å²) in [5, 5.41) is 0.571. The second-order valence-corrected chi connectivity index (χ2v) is 2.39. The lowest BCUT2D eigenvalue weighted by Crippen LogP contribution is -1.82. The molecule has 0 bridgehead atoms. The van der Waals surface area contributed by atoms with E-state index in [9.17, 15) is 0 Å². The predicted octanol–water partition coefficient (Wildman–Crippen LogP) is 2.66. The molecule has 0 aliphatic carbocycles. The van der Waals surface area contributed by atoms with Gasteiger partial charge in [-0.25, -0.2) is 0 Å². The Kier molecular flexibility index (Phi) is 2.36. The third kappa shape index (κ3) is 1.45. The van der Waals surface area contributed by atoms with Crippen molar-refractivity contribution >= 4 is 11.6 Å². The van der Waals surface area contributed by atoms with E-state index in [2.05, 4.69) is 18.6 Å². The van der Waals surface area contributed by atoms with Gasteiger partial charge in [-0.2, -0.15) is 0 Å². The Balaban J connectivity index is 3.38. The van der Waals surface area contributed by atoms with Crippen LogP contribution in [0.25, 0.3) is 0 Å². The van der Waals surface area contributed by atoms with Crippen LogP contribution in [0.4, 0.5) is 0 Å². The fourth-order valence-electron chi connectivity index (χ4n) is 0.818. The molecule has 1 rings (SSSR count). The Labute approximate surface area is 71.5 Å². The number of hydrogen-bond acceptors (Lipinski definition) is 0. The minimum absolute atomic E-state index is 0.571. The molecular formula is C10H6Cl. The number of hydrogen-bond donors (Lipinski definition) is 0. The van der Waals surface area contributed by atoms with Crippen molar-refractivity contribution < 1.29 is 0 Å². The fraction of sp³-hybridized carbons (Fsp3) is 0. The first kappa shape index (κ1) is 7.91. The maximum Gasteiger partial charge on any atom is 0.0568 e. The fourth-order valence-corrected chi connectivity index (χ4v) is 1.05. The van der Waals surface area contributed by atoms with E-state index in [1.165, 1.54) is 0 Å². The Morgan fingerprint density at radius 3 is 2.64 bits per heavy atom. The standard InChI is InChI=1S/C10H6Cl/c1-3-8-6-5-7-10(11)9(8)4-2/h2,5-7H,1H2. The van der Waals surface area contributed by atoms with Crippen molar-refractivity contribution in [1.82, 2.24) is 0 Å². The molecule has 1 heteroatoms. The third-order valence-corrected chi connectivity index (χ3v) is 1.66. The van der Waals surface area contributed by atoms with Crippen molar-refractivity contribution in [2.24, 2.45) is 0 Å². The highest BCUT2D eigenvalue weighted by Crippen LogP contribution is 2.18. The van der Waals surface area contributed by atoms with Gasteiger partial charge >= 0.3 is 0 Å². The van der Waals surface area contributed by atoms with Crippen LogP contribution in [0.2, 0.25) is 5.02 Å². The van der Waals surface area contributed by atoms with Gasteiger partial charge in [0.1, 0.15) is 0 Å². The number of rotatable bonds is 1. The summed E-state index contributed by atoms with van der Waals surface area (Å²) in [6.07, 6.45) is 7.94. The molecule has 11 heavy (non-hydrogen) atoms. The van der Waals surface area contributed by atoms with Gasteiger partial charge in [0.2, 0.25) is 0 Å². The molecule has 0 heterocycles. The van der Waals surface area contributed by atoms with Gasteiger partial charge in [0.05, 0.1) is 10.6 Å². The van der Waals surface area contributed by atoms with Gasteiger partial charge in [0, 0.05) is 0 Å². The summed E-state index contributed by atoms with van der Waals surface area (Å²) in [6, 6.07) is 5.39. The molecular weight excluding hydrogens is 156 g/mol. The molecule has 1 radical (unpaired) electrons. The number of halogens is 1. The number of benzene rings is 1. The molecule has 0 saturated heterocycles. The van der Waals surface area contributed by atoms with Crippen LogP contribution in [0, 0.1) is 18.4 Å². The summed E-state index contributed by atoms with van der Waals surface area (Å²) in [4.78, 5) is 0. The van der Waals surface area contributed by atoms with Crippen molar-refractivity contribution in [2.75, 3.05) is 0 Å². The number of terminal acetylenes is 1. The largest absolute Gasteiger partial charge is 0.115 e. The van der Waals surface area contributed by atoms with Gasteiger partial charge in [0.15, 0.2) is 0 Å². The van der Waals surface area contributed by atoms with Gasteiger partial charge in [0.25, 0.3) is 0 Å². The Morgan fingerprint density at radius 1 is 1.45 bits per heavy atom. The molecule has 0 unspecified atom stereocenters. The smallest absolute Gasteiger partial charge is 0.0568 e. The Bertz CT molecular complexity index is 318. The van der Waals surface area contributed by atoms with Crippen LogP contribution in [0.5, 0.6) is 0 Å². The van der Waals surface area contributed by atoms with Gasteiger partial charge in [-0.15, -0.1) is 6.42 Å². The second-order valence-electron chi connectivity index (χ2n) is 1.98. The first-order valence-corrected chi connectivity index (χ1v) is 3.45. The molecule has 1 aromatic rings. The van der Waals surface area contributed by atoms with Crippen LogP contribution in [0.15, 0.2) is 24.8 Å². The van der Waals surface area contributed by atoms with Crippen molar-refractivity contribution in [2.45, 2.75) is 0 Å². The monoisotopic (exact) mass is 161 g/mol. The predicted molar refractivity (Wildman–Crippen MR) is 47.4 cm³/mol. The molecule has 0 fully saturated rings. The summed E-state index contributed by atoms with van der Waals surface area (Å²) in [5.74, 6) is 2.48. The highest BCUT2D eigenvalue weighted by molar-refractivity contribution is 6.31. The lowest BCUT2D eigenvalue weighted by Gasteiger charge is -1.98. The van der Waals surface area contributed by atoms with Crippen molar-refractivity contribution in [1.29, 1.82) is 0 Å². The zero-order chi connectivity index (χ0) is 8.27. The van der Waals surface area contributed by atoms with Gasteiger partial charge in [-0.05, 0) is 17.7 Å². The van der Waals surface area contributed by atoms with E-state index in [-0.39, 0.29) is 0 Å². The van der Waals surface area contributed by atoms with Crippen LogP contribution in [0.1, 0.15) is 11.1 Å². The molecule has 0 N–H and O–H groups in total. The zero-order valence-electron chi connectivity index (χ0n) is 5.89. The SMILES string of the molecule is C#Cc1c(Cl)cccc1[C]=C. The van der Waals surface area contributed by atoms with E-state index >= 15 is 0 Å². The van der Waals surface area contributed by atoms with Gasteiger partial charge in [-0.3, -0.25) is 0 Å². The van der Waals surface area contributed by atoms with E-state index < -0.39 is 0 Å². The van der Waals surface area contributed by atoms with Crippen molar-refractivity contribution in [3.63, 3.8) is 0 Å². The molecule has 0 atom stereocenters. The summed E-state index contributed by atoms with van der Waals surface area (Å²) < 4.78 is 0. The first-order chi connectivity index (χ1) is 5.29. The normalized spacial score (nSPS) is 8.73. The molecule has 0 aliphatic heterocycles. The molecule has 0 aromatic heterocycles. The maximum atomic E-state index is 5.80. The molecule has 1 aromatic carbocycles. The quantitative estimate of drug-likeness (QED) is 0.556. The molecule has 53 valence electrons. The minimum Gasteiger partial charge on any atom is -0.115 e. The Morgan fingerprint density at radius 2 is 2.18 bits per heavy atom. The third-order valence-electron chi connectivity index (χ3n) is 1.35. The van der Waals surface area contributed by atoms with E-state index in [0.717, 1.165) is 5.56 Å². The molecule has 0 saturated carbocycles. The van der Waals surface area contributed by atoms with Crippen molar-refractivity contribution in [3.8, 4) is 12.3 Å². The van der Waals surface area contributed by atoms with E-state index in [1.54, 1.807) is 6.07 Å². The first-order valence-electron chi connectivity index (χ1n) is 3.08. The lowest BCUT2D eigenvalue weighted by molar-refractivity contribution is 1.53. The van der Waals surface area contributed by atoms with Crippen LogP contribution >= 0.6 is 11.6 Å². The van der Waals surface area contributed by atoms with E-state index in [1.807, 2.05) is 12.1 Å². The second kappa shape index (κ2) is 3.27. The van der Waals surface area contributed by atoms with Gasteiger partial charge in [-0.1, -0.05) is 36.2 Å². The average Bonchev–Trinajstić information content (AvgIpc) is 2.04. The average molecular weight is 162 g/mol. The lowest BCUT2D eigenvalue weighted by atomic mass is 10.1.